The third-order valence-electron chi connectivity index (χ3n) is 3.76. The fourth-order valence-electron chi connectivity index (χ4n) is 2.51. The Morgan fingerprint density at radius 2 is 2.00 bits per heavy atom. The number of methoxy groups -OCH3 is 1. The number of aromatic nitrogens is 1. The summed E-state index contributed by atoms with van der Waals surface area (Å²) in [6, 6.07) is 12.7. The molecule has 0 bridgehead atoms. The van der Waals surface area contributed by atoms with Gasteiger partial charge in [0.25, 0.3) is 5.91 Å². The van der Waals surface area contributed by atoms with Crippen LogP contribution in [0.3, 0.4) is 0 Å². The maximum absolute atomic E-state index is 14.3. The number of nitrogens with two attached hydrogens (primary N) is 1. The van der Waals surface area contributed by atoms with Crippen molar-refractivity contribution in [2.75, 3.05) is 12.4 Å². The number of ether oxygens (including phenoxy) is 1. The van der Waals surface area contributed by atoms with Gasteiger partial charge in [0, 0.05) is 16.8 Å². The third kappa shape index (κ3) is 3.60. The summed E-state index contributed by atoms with van der Waals surface area (Å²) in [5, 5.41) is 3.39. The lowest BCUT2D eigenvalue weighted by atomic mass is 10.1. The fourth-order valence-corrected chi connectivity index (χ4v) is 2.67. The van der Waals surface area contributed by atoms with Crippen LogP contribution in [-0.2, 0) is 0 Å². The molecule has 0 aliphatic carbocycles. The summed E-state index contributed by atoms with van der Waals surface area (Å²) in [5.74, 6) is -0.613. The van der Waals surface area contributed by atoms with Crippen molar-refractivity contribution in [3.05, 3.63) is 71.1 Å². The molecule has 1 aromatic heterocycles. The van der Waals surface area contributed by atoms with Gasteiger partial charge in [0.1, 0.15) is 11.6 Å². The number of carbonyl (C=O) groups excluding carboxylic acids is 1. The van der Waals surface area contributed by atoms with E-state index >= 15 is 0 Å². The van der Waals surface area contributed by atoms with Gasteiger partial charge in [-0.2, -0.15) is 0 Å². The van der Waals surface area contributed by atoms with Gasteiger partial charge in [0.15, 0.2) is 0 Å². The Balaban J connectivity index is 2.06. The van der Waals surface area contributed by atoms with E-state index in [1.807, 2.05) is 0 Å². The molecule has 0 atom stereocenters. The van der Waals surface area contributed by atoms with Crippen LogP contribution in [0.4, 0.5) is 15.8 Å². The van der Waals surface area contributed by atoms with Crippen LogP contribution in [0.5, 0.6) is 5.75 Å². The number of primary amides is 1. The lowest BCUT2D eigenvalue weighted by Crippen LogP contribution is -2.13. The molecular formula is C19H15ClFN3O2. The number of carbonyl (C=O) groups is 1. The number of rotatable bonds is 5. The SMILES string of the molecule is COc1ccc(Nc2cccnc2-c2ccc(Cl)cc2F)c(C(N)=O)c1. The van der Waals surface area contributed by atoms with Crippen molar-refractivity contribution in [1.29, 1.82) is 0 Å². The smallest absolute Gasteiger partial charge is 0.250 e. The van der Waals surface area contributed by atoms with Gasteiger partial charge < -0.3 is 15.8 Å². The molecule has 1 amide bonds. The Labute approximate surface area is 154 Å². The van der Waals surface area contributed by atoms with Crippen LogP contribution >= 0.6 is 11.6 Å². The molecular weight excluding hydrogens is 357 g/mol. The summed E-state index contributed by atoms with van der Waals surface area (Å²) in [5.41, 5.74) is 7.34. The number of nitrogens with one attached hydrogen (secondary N) is 1. The van der Waals surface area contributed by atoms with Gasteiger partial charge in [-0.1, -0.05) is 11.6 Å². The Kier molecular flexibility index (Phi) is 5.04. The second kappa shape index (κ2) is 7.41. The van der Waals surface area contributed by atoms with Crippen molar-refractivity contribution < 1.29 is 13.9 Å². The molecule has 0 radical (unpaired) electrons. The van der Waals surface area contributed by atoms with Gasteiger partial charge in [0.2, 0.25) is 0 Å². The summed E-state index contributed by atoms with van der Waals surface area (Å²) in [6.07, 6.45) is 1.55. The van der Waals surface area contributed by atoms with E-state index in [0.29, 0.717) is 27.8 Å². The van der Waals surface area contributed by atoms with Crippen molar-refractivity contribution >= 4 is 28.9 Å². The van der Waals surface area contributed by atoms with Crippen molar-refractivity contribution in [2.24, 2.45) is 5.73 Å². The van der Waals surface area contributed by atoms with E-state index in [2.05, 4.69) is 10.3 Å². The largest absolute Gasteiger partial charge is 0.497 e. The quantitative estimate of drug-likeness (QED) is 0.697. The van der Waals surface area contributed by atoms with Crippen LogP contribution in [0.1, 0.15) is 10.4 Å². The second-order valence-electron chi connectivity index (χ2n) is 5.42. The lowest BCUT2D eigenvalue weighted by Gasteiger charge is -2.15. The first-order valence-corrected chi connectivity index (χ1v) is 8.02. The molecule has 3 aromatic rings. The molecule has 132 valence electrons. The number of anilines is 2. The van der Waals surface area contributed by atoms with Crippen LogP contribution < -0.4 is 15.8 Å². The minimum absolute atomic E-state index is 0.246. The van der Waals surface area contributed by atoms with Crippen LogP contribution in [-0.4, -0.2) is 18.0 Å². The molecule has 7 heteroatoms. The molecule has 26 heavy (non-hydrogen) atoms. The van der Waals surface area contributed by atoms with Crippen LogP contribution in [0, 0.1) is 5.82 Å². The predicted octanol–water partition coefficient (Wildman–Crippen LogP) is 4.39. The van der Waals surface area contributed by atoms with Crippen LogP contribution in [0.2, 0.25) is 5.02 Å². The summed E-state index contributed by atoms with van der Waals surface area (Å²) >= 11 is 5.82. The normalized spacial score (nSPS) is 10.4. The molecule has 0 aliphatic heterocycles. The van der Waals surface area contributed by atoms with E-state index in [-0.39, 0.29) is 11.1 Å². The molecule has 5 nitrogen and oxygen atoms in total. The summed E-state index contributed by atoms with van der Waals surface area (Å²) < 4.78 is 19.4. The van der Waals surface area contributed by atoms with Crippen LogP contribution in [0.15, 0.2) is 54.7 Å². The molecule has 0 saturated carbocycles. The van der Waals surface area contributed by atoms with Crippen LogP contribution in [0.25, 0.3) is 11.3 Å². The Morgan fingerprint density at radius 1 is 1.19 bits per heavy atom. The molecule has 0 saturated heterocycles. The van der Waals surface area contributed by atoms with Gasteiger partial charge in [-0.3, -0.25) is 9.78 Å². The Bertz CT molecular complexity index is 979. The van der Waals surface area contributed by atoms with Crippen molar-refractivity contribution in [2.45, 2.75) is 0 Å². The number of hydrogen-bond acceptors (Lipinski definition) is 4. The standard InChI is InChI=1S/C19H15ClFN3O2/c1-26-12-5-7-16(14(10-12)19(22)25)24-17-3-2-8-23-18(17)13-6-4-11(20)9-15(13)21/h2-10,24H,1H3,(H2,22,25). The van der Waals surface area contributed by atoms with Gasteiger partial charge in [-0.05, 0) is 48.5 Å². The van der Waals surface area contributed by atoms with Gasteiger partial charge in [-0.25, -0.2) is 4.39 Å². The minimum atomic E-state index is -0.616. The topological polar surface area (TPSA) is 77.2 Å². The maximum atomic E-state index is 14.3. The van der Waals surface area contributed by atoms with E-state index in [9.17, 15) is 9.18 Å². The lowest BCUT2D eigenvalue weighted by molar-refractivity contribution is 0.100. The van der Waals surface area contributed by atoms with Gasteiger partial charge in [0.05, 0.1) is 29.7 Å². The highest BCUT2D eigenvalue weighted by atomic mass is 35.5. The first kappa shape index (κ1) is 17.7. The second-order valence-corrected chi connectivity index (χ2v) is 5.86. The number of hydrogen-bond donors (Lipinski definition) is 2. The van der Waals surface area contributed by atoms with Crippen molar-refractivity contribution in [3.63, 3.8) is 0 Å². The summed E-state index contributed by atoms with van der Waals surface area (Å²) in [7, 11) is 1.50. The highest BCUT2D eigenvalue weighted by Gasteiger charge is 2.15. The molecule has 3 N–H and O–H groups in total. The van der Waals surface area contributed by atoms with E-state index in [1.165, 1.54) is 19.2 Å². The van der Waals surface area contributed by atoms with Crippen molar-refractivity contribution in [1.82, 2.24) is 4.98 Å². The minimum Gasteiger partial charge on any atom is -0.497 e. The van der Waals surface area contributed by atoms with E-state index < -0.39 is 11.7 Å². The van der Waals surface area contributed by atoms with E-state index in [1.54, 1.807) is 42.6 Å². The molecule has 1 heterocycles. The highest BCUT2D eigenvalue weighted by Crippen LogP contribution is 2.33. The molecule has 0 fully saturated rings. The number of amides is 1. The number of pyridine rings is 1. The maximum Gasteiger partial charge on any atom is 0.250 e. The molecule has 0 unspecified atom stereocenters. The molecule has 2 aromatic carbocycles. The average Bonchev–Trinajstić information content (AvgIpc) is 2.63. The highest BCUT2D eigenvalue weighted by molar-refractivity contribution is 6.30. The zero-order chi connectivity index (χ0) is 18.7. The number of benzene rings is 2. The number of halogens is 2. The first-order valence-electron chi connectivity index (χ1n) is 7.65. The van der Waals surface area contributed by atoms with Gasteiger partial charge >= 0.3 is 0 Å². The zero-order valence-electron chi connectivity index (χ0n) is 13.8. The van der Waals surface area contributed by atoms with E-state index in [0.717, 1.165) is 0 Å². The monoisotopic (exact) mass is 371 g/mol. The number of nitrogens with zero attached hydrogens (tertiary/aromatic N) is 1. The Morgan fingerprint density at radius 3 is 2.69 bits per heavy atom. The summed E-state index contributed by atoms with van der Waals surface area (Å²) in [4.78, 5) is 16.0. The summed E-state index contributed by atoms with van der Waals surface area (Å²) in [6.45, 7) is 0. The average molecular weight is 372 g/mol. The third-order valence-corrected chi connectivity index (χ3v) is 3.99. The fraction of sp³-hybridized carbons (Fsp3) is 0.0526. The van der Waals surface area contributed by atoms with Gasteiger partial charge in [-0.15, -0.1) is 0 Å². The molecule has 3 rings (SSSR count). The Hall–Kier alpha value is -3.12. The van der Waals surface area contributed by atoms with E-state index in [4.69, 9.17) is 22.1 Å². The molecule has 0 spiro atoms. The molecule has 0 aliphatic rings. The predicted molar refractivity (Wildman–Crippen MR) is 99.4 cm³/mol. The first-order chi connectivity index (χ1) is 12.5. The van der Waals surface area contributed by atoms with Crippen molar-refractivity contribution in [3.8, 4) is 17.0 Å². The zero-order valence-corrected chi connectivity index (χ0v) is 14.5.